The molecule has 0 bridgehead atoms. The van der Waals surface area contributed by atoms with Crippen molar-refractivity contribution in [3.8, 4) is 12.8 Å². The summed E-state index contributed by atoms with van der Waals surface area (Å²) >= 11 is 0. The van der Waals surface area contributed by atoms with E-state index in [4.69, 9.17) is 0 Å². The van der Waals surface area contributed by atoms with Crippen LogP contribution in [0.1, 0.15) is 0 Å². The minimum Gasteiger partial charge on any atom is -0.147 e. The number of hydrogen-bond acceptors (Lipinski definition) is 0. The van der Waals surface area contributed by atoms with Crippen molar-refractivity contribution in [3.05, 3.63) is 0 Å². The van der Waals surface area contributed by atoms with Gasteiger partial charge in [0.25, 0.3) is 0 Å². The van der Waals surface area contributed by atoms with E-state index in [2.05, 4.69) is 12.8 Å². The summed E-state index contributed by atoms with van der Waals surface area (Å²) in [5, 5.41) is 0. The topological polar surface area (TPSA) is 0 Å². The molecule has 2 heteroatoms. The quantitative estimate of drug-likeness (QED) is 0.399. The summed E-state index contributed by atoms with van der Waals surface area (Å²) < 4.78 is 0. The van der Waals surface area contributed by atoms with Gasteiger partial charge in [0.15, 0.2) is 0 Å². The van der Waals surface area contributed by atoms with Crippen molar-refractivity contribution in [2.24, 2.45) is 0 Å². The largest absolute Gasteiger partial charge is 0.147 e. The molecule has 0 aromatic rings. The van der Waals surface area contributed by atoms with Crippen LogP contribution < -0.4 is 0 Å². The van der Waals surface area contributed by atoms with E-state index in [9.17, 15) is 0 Å². The van der Waals surface area contributed by atoms with E-state index in [0.29, 0.717) is 0 Å². The third kappa shape index (κ3) is 142. The van der Waals surface area contributed by atoms with Crippen LogP contribution in [-0.2, 0) is 0 Å². The Labute approximate surface area is 38.4 Å². The van der Waals surface area contributed by atoms with Crippen LogP contribution in [0.2, 0.25) is 0 Å². The fourth-order valence-corrected chi connectivity index (χ4v) is 0. The van der Waals surface area contributed by atoms with Crippen molar-refractivity contribution >= 4 is 24.8 Å². The first kappa shape index (κ1) is 31.4. The van der Waals surface area contributed by atoms with E-state index in [1.54, 1.807) is 0 Å². The second kappa shape index (κ2) is 734. The van der Waals surface area contributed by atoms with Gasteiger partial charge in [-0.3, -0.25) is 0 Å². The average Bonchev–Trinajstić information content (AvgIpc) is 1.00. The molecule has 0 nitrogen and oxygen atoms in total. The zero-order valence-electron chi connectivity index (χ0n) is 1.97. The van der Waals surface area contributed by atoms with Crippen LogP contribution in [0.3, 0.4) is 0 Å². The van der Waals surface area contributed by atoms with Gasteiger partial charge in [-0.2, -0.15) is 0 Å². The molecule has 0 fully saturated rings. The molecule has 0 saturated heterocycles. The van der Waals surface area contributed by atoms with Crippen molar-refractivity contribution in [1.29, 1.82) is 0 Å². The maximum absolute atomic E-state index is 4.00. The van der Waals surface area contributed by atoms with Crippen LogP contribution >= 0.6 is 24.8 Å². The first-order valence-corrected chi connectivity index (χ1v) is 0.333. The summed E-state index contributed by atoms with van der Waals surface area (Å²) in [6.45, 7) is 0. The van der Waals surface area contributed by atoms with Crippen molar-refractivity contribution in [2.75, 3.05) is 0 Å². The van der Waals surface area contributed by atoms with E-state index in [1.807, 2.05) is 0 Å². The third-order valence-corrected chi connectivity index (χ3v) is 0. The molecule has 0 aliphatic rings. The first-order chi connectivity index (χ1) is 1.00. The van der Waals surface area contributed by atoms with E-state index < -0.39 is 0 Å². The minimum atomic E-state index is 0. The summed E-state index contributed by atoms with van der Waals surface area (Å²) in [4.78, 5) is 0. The summed E-state index contributed by atoms with van der Waals surface area (Å²) in [6.07, 6.45) is 8.00. The monoisotopic (exact) mass is 98.0 g/mol. The van der Waals surface area contributed by atoms with E-state index in [-0.39, 0.29) is 24.8 Å². The highest BCUT2D eigenvalue weighted by Gasteiger charge is 0.454. The predicted molar refractivity (Wildman–Crippen MR) is 24.4 cm³/mol. The average molecular weight is 99.0 g/mol. The van der Waals surface area contributed by atoms with Crippen LogP contribution in [0.25, 0.3) is 0 Å². The van der Waals surface area contributed by atoms with Gasteiger partial charge in [-0.05, 0) is 0 Å². The zero-order chi connectivity index (χ0) is 2.00. The highest BCUT2D eigenvalue weighted by molar-refractivity contribution is 5.85. The smallest absolute Gasteiger partial charge is 0.124 e. The molecule has 0 aromatic carbocycles. The Bertz CT molecular complexity index is 8.75. The van der Waals surface area contributed by atoms with Gasteiger partial charge in [0.2, 0.25) is 0 Å². The minimum absolute atomic E-state index is 0. The van der Waals surface area contributed by atoms with Gasteiger partial charge >= 0.3 is 0 Å². The lowest BCUT2D eigenvalue weighted by atomic mass is 11.4. The molecule has 0 aliphatic carbocycles. The molecule has 0 spiro atoms. The normalized spacial score (nSPS) is 0.500. The Balaban J connectivity index is -0.00000000500. The predicted octanol–water partition coefficient (Wildman–Crippen LogP) is 1.09. The maximum atomic E-state index is 4.00. The second-order valence-corrected chi connectivity index (χ2v) is 0. The van der Waals surface area contributed by atoms with Gasteiger partial charge in [0.1, 0.15) is 0 Å². The molecular formula is C2H4Cl2. The molecule has 0 unspecified atom stereocenters. The highest BCUT2D eigenvalue weighted by Crippen LogP contribution is 0.691. The molecule has 0 N–H and O–H groups in total. The Kier molecular flexibility index (Phi) is 5760. The van der Waals surface area contributed by atoms with Crippen molar-refractivity contribution < 1.29 is 0 Å². The lowest BCUT2D eigenvalue weighted by Gasteiger charge is -0.701. The van der Waals surface area contributed by atoms with Crippen LogP contribution in [0.15, 0.2) is 0 Å². The van der Waals surface area contributed by atoms with Gasteiger partial charge in [-0.1, -0.05) is 0 Å². The molecule has 0 aromatic heterocycles. The summed E-state index contributed by atoms with van der Waals surface area (Å²) in [5.74, 6) is 0. The van der Waals surface area contributed by atoms with Crippen molar-refractivity contribution in [3.63, 3.8) is 0 Å². The summed E-state index contributed by atoms with van der Waals surface area (Å²) in [7, 11) is 0. The van der Waals surface area contributed by atoms with E-state index >= 15 is 0 Å². The van der Waals surface area contributed by atoms with Crippen molar-refractivity contribution in [2.45, 2.75) is 0 Å². The van der Waals surface area contributed by atoms with Crippen LogP contribution in [0, 0.1) is 12.8 Å². The number of hydrogen-bond donors (Lipinski definition) is 0. The molecule has 0 aliphatic heterocycles. The molecule has 4 heavy (non-hydrogen) atoms. The van der Waals surface area contributed by atoms with E-state index in [0.717, 1.165) is 0 Å². The van der Waals surface area contributed by atoms with E-state index in [1.165, 1.54) is 0 Å². The van der Waals surface area contributed by atoms with Crippen LogP contribution in [-0.4, -0.2) is 0 Å². The lowest BCUT2D eigenvalue weighted by Crippen LogP contribution is -0.576. The van der Waals surface area contributed by atoms with Crippen molar-refractivity contribution in [1.82, 2.24) is 0 Å². The number of rotatable bonds is 0. The van der Waals surface area contributed by atoms with Gasteiger partial charge < -0.3 is 0 Å². The fraction of sp³-hybridized carbons (Fsp3) is 0. The third-order valence-electron chi connectivity index (χ3n) is 0. The zero-order valence-corrected chi connectivity index (χ0v) is 3.60. The molecular weight excluding hydrogens is 94.9 g/mol. The second-order valence-electron chi connectivity index (χ2n) is 0. The number of halogens is 2. The SMILES string of the molecule is C#C.Cl.Cl. The van der Waals surface area contributed by atoms with Crippen LogP contribution in [0.4, 0.5) is 0 Å². The molecule has 0 atom stereocenters. The van der Waals surface area contributed by atoms with Gasteiger partial charge in [-0.25, -0.2) is 0 Å². The Morgan fingerprint density at radius 2 is 0.750 bits per heavy atom. The molecule has 0 radical (unpaired) electrons. The standard InChI is InChI=1S/C2H2.2ClH/c1-2;;/h1-2H;2*1H. The molecule has 0 rings (SSSR count). The van der Waals surface area contributed by atoms with Gasteiger partial charge in [-0.15, -0.1) is 37.7 Å². The fourth-order valence-electron chi connectivity index (χ4n) is 0. The lowest BCUT2D eigenvalue weighted by molar-refractivity contribution is 3.31. The van der Waals surface area contributed by atoms with Gasteiger partial charge in [0.05, 0.1) is 0 Å². The van der Waals surface area contributed by atoms with Gasteiger partial charge in [0, 0.05) is 0 Å². The van der Waals surface area contributed by atoms with Crippen LogP contribution in [0.5, 0.6) is 0 Å². The summed E-state index contributed by atoms with van der Waals surface area (Å²) in [5.41, 5.74) is 0. The number of terminal acetylenes is 1. The molecule has 26 valence electrons. The Morgan fingerprint density at radius 1 is 0.750 bits per heavy atom. The molecule has 0 saturated carbocycles. The molecule has 0 amide bonds. The highest BCUT2D eigenvalue weighted by atomic mass is 35.5. The first-order valence-electron chi connectivity index (χ1n) is 0.333. The Morgan fingerprint density at radius 3 is 0.750 bits per heavy atom. The molecule has 0 heterocycles. The maximum Gasteiger partial charge on any atom is -0.124 e. The Hall–Kier alpha value is 0.140. The summed E-state index contributed by atoms with van der Waals surface area (Å²) in [6, 6.07) is 0.